The molecule has 102 valence electrons. The summed E-state index contributed by atoms with van der Waals surface area (Å²) in [7, 11) is 0. The molecule has 1 heterocycles. The van der Waals surface area contributed by atoms with Crippen molar-refractivity contribution in [2.45, 2.75) is 25.9 Å². The van der Waals surface area contributed by atoms with E-state index in [1.165, 1.54) is 0 Å². The molecule has 19 heavy (non-hydrogen) atoms. The molecule has 2 rings (SSSR count). The summed E-state index contributed by atoms with van der Waals surface area (Å²) < 4.78 is 12.4. The van der Waals surface area contributed by atoms with Crippen LogP contribution in [-0.2, 0) is 0 Å². The first-order chi connectivity index (χ1) is 9.11. The zero-order chi connectivity index (χ0) is 13.8. The third kappa shape index (κ3) is 3.39. The van der Waals surface area contributed by atoms with Crippen molar-refractivity contribution in [3.05, 3.63) is 52.4 Å². The van der Waals surface area contributed by atoms with Gasteiger partial charge in [-0.25, -0.2) is 0 Å². The normalized spacial score (nSPS) is 12.7. The molecule has 0 amide bonds. The van der Waals surface area contributed by atoms with Crippen molar-refractivity contribution in [2.75, 3.05) is 6.54 Å². The molecule has 3 nitrogen and oxygen atoms in total. The summed E-state index contributed by atoms with van der Waals surface area (Å²) in [6.45, 7) is 4.65. The molecule has 2 aromatic rings. The molecule has 0 aliphatic carbocycles. The molecule has 4 heteroatoms. The molecule has 0 fully saturated rings. The van der Waals surface area contributed by atoms with Crippen LogP contribution in [0.25, 0.3) is 0 Å². The van der Waals surface area contributed by atoms with Crippen LogP contribution in [0.2, 0.25) is 0 Å². The molecule has 0 bridgehead atoms. The molecular weight excluding hydrogens is 306 g/mol. The zero-order valence-electron chi connectivity index (χ0n) is 11.1. The van der Waals surface area contributed by atoms with Gasteiger partial charge in [-0.1, -0.05) is 29.8 Å². The van der Waals surface area contributed by atoms with E-state index in [1.54, 1.807) is 6.26 Å². The molecule has 0 spiro atoms. The molecule has 2 N–H and O–H groups in total. The fraction of sp³-hybridized carbons (Fsp3) is 0.333. The number of furan rings is 1. The number of benzene rings is 1. The van der Waals surface area contributed by atoms with E-state index in [0.717, 1.165) is 21.5 Å². The number of hydrogen-bond donors (Lipinski definition) is 1. The Morgan fingerprint density at radius 1 is 1.32 bits per heavy atom. The van der Waals surface area contributed by atoms with Gasteiger partial charge >= 0.3 is 0 Å². The van der Waals surface area contributed by atoms with Crippen molar-refractivity contribution in [3.63, 3.8) is 0 Å². The molecule has 0 aliphatic rings. The molecule has 0 radical (unpaired) electrons. The van der Waals surface area contributed by atoms with E-state index in [1.807, 2.05) is 24.3 Å². The fourth-order valence-electron chi connectivity index (χ4n) is 1.93. The third-order valence-corrected chi connectivity index (χ3v) is 3.43. The van der Waals surface area contributed by atoms with Crippen LogP contribution < -0.4 is 10.5 Å². The number of nitrogens with two attached hydrogens (primary N) is 1. The molecular formula is C15H18BrNO2. The van der Waals surface area contributed by atoms with Gasteiger partial charge < -0.3 is 14.9 Å². The van der Waals surface area contributed by atoms with E-state index >= 15 is 0 Å². The van der Waals surface area contributed by atoms with Crippen LogP contribution in [0, 0.1) is 0 Å². The molecule has 1 unspecified atom stereocenters. The molecule has 1 aromatic heterocycles. The van der Waals surface area contributed by atoms with Gasteiger partial charge in [0.2, 0.25) is 0 Å². The van der Waals surface area contributed by atoms with Crippen LogP contribution >= 0.6 is 15.9 Å². The molecule has 0 aliphatic heterocycles. The van der Waals surface area contributed by atoms with Crippen LogP contribution in [0.3, 0.4) is 0 Å². The van der Waals surface area contributed by atoms with E-state index in [2.05, 4.69) is 35.8 Å². The van der Waals surface area contributed by atoms with Crippen molar-refractivity contribution in [1.82, 2.24) is 0 Å². The van der Waals surface area contributed by atoms with Crippen molar-refractivity contribution in [3.8, 4) is 5.75 Å². The van der Waals surface area contributed by atoms with Crippen LogP contribution in [0.5, 0.6) is 5.75 Å². The van der Waals surface area contributed by atoms with Crippen LogP contribution in [-0.4, -0.2) is 6.54 Å². The molecule has 0 saturated carbocycles. The van der Waals surface area contributed by atoms with Gasteiger partial charge in [0.25, 0.3) is 0 Å². The lowest BCUT2D eigenvalue weighted by atomic mass is 10.0. The lowest BCUT2D eigenvalue weighted by Crippen LogP contribution is -2.18. The van der Waals surface area contributed by atoms with Crippen molar-refractivity contribution < 1.29 is 9.15 Å². The molecule has 1 aromatic carbocycles. The Kier molecular flexibility index (Phi) is 4.66. The van der Waals surface area contributed by atoms with Gasteiger partial charge in [-0.2, -0.15) is 0 Å². The second kappa shape index (κ2) is 6.26. The lowest BCUT2D eigenvalue weighted by molar-refractivity contribution is 0.182. The van der Waals surface area contributed by atoms with Crippen LogP contribution in [0.4, 0.5) is 0 Å². The second-order valence-electron chi connectivity index (χ2n) is 4.69. The predicted molar refractivity (Wildman–Crippen MR) is 79.4 cm³/mol. The Hall–Kier alpha value is -1.26. The lowest BCUT2D eigenvalue weighted by Gasteiger charge is -2.19. The van der Waals surface area contributed by atoms with Gasteiger partial charge in [0.05, 0.1) is 6.26 Å². The first-order valence-corrected chi connectivity index (χ1v) is 7.10. The number of halogens is 1. The minimum atomic E-state index is -0.256. The Morgan fingerprint density at radius 3 is 2.68 bits per heavy atom. The highest BCUT2D eigenvalue weighted by Crippen LogP contribution is 2.32. The standard InChI is InChI=1S/C15H18BrNO2/c1-10(2)12-8-11(16)5-6-13(12)19-15(9-17)14-4-3-7-18-14/h3-8,10,15H,9,17H2,1-2H3. The van der Waals surface area contributed by atoms with E-state index in [0.29, 0.717) is 12.5 Å². The summed E-state index contributed by atoms with van der Waals surface area (Å²) in [6.07, 6.45) is 1.38. The van der Waals surface area contributed by atoms with E-state index < -0.39 is 0 Å². The fourth-order valence-corrected chi connectivity index (χ4v) is 2.31. The van der Waals surface area contributed by atoms with Crippen LogP contribution in [0.1, 0.15) is 37.2 Å². The summed E-state index contributed by atoms with van der Waals surface area (Å²) in [5.41, 5.74) is 6.93. The van der Waals surface area contributed by atoms with Gasteiger partial charge in [0.1, 0.15) is 11.5 Å². The number of hydrogen-bond acceptors (Lipinski definition) is 3. The zero-order valence-corrected chi connectivity index (χ0v) is 12.7. The monoisotopic (exact) mass is 323 g/mol. The molecule has 1 atom stereocenters. The van der Waals surface area contributed by atoms with Crippen molar-refractivity contribution >= 4 is 15.9 Å². The SMILES string of the molecule is CC(C)c1cc(Br)ccc1OC(CN)c1ccco1. The Bertz CT molecular complexity index is 523. The predicted octanol–water partition coefficient (Wildman–Crippen LogP) is 4.24. The number of ether oxygens (including phenoxy) is 1. The van der Waals surface area contributed by atoms with Gasteiger partial charge in [-0.15, -0.1) is 0 Å². The highest BCUT2D eigenvalue weighted by molar-refractivity contribution is 9.10. The topological polar surface area (TPSA) is 48.4 Å². The summed E-state index contributed by atoms with van der Waals surface area (Å²) in [5, 5.41) is 0. The van der Waals surface area contributed by atoms with Crippen molar-refractivity contribution in [1.29, 1.82) is 0 Å². The van der Waals surface area contributed by atoms with E-state index in [9.17, 15) is 0 Å². The van der Waals surface area contributed by atoms with Crippen molar-refractivity contribution in [2.24, 2.45) is 5.73 Å². The van der Waals surface area contributed by atoms with E-state index in [4.69, 9.17) is 14.9 Å². The second-order valence-corrected chi connectivity index (χ2v) is 5.61. The average molecular weight is 324 g/mol. The number of rotatable bonds is 5. The maximum Gasteiger partial charge on any atom is 0.168 e. The molecule has 0 saturated heterocycles. The van der Waals surface area contributed by atoms with E-state index in [-0.39, 0.29) is 6.10 Å². The first-order valence-electron chi connectivity index (χ1n) is 6.31. The largest absolute Gasteiger partial charge is 0.481 e. The van der Waals surface area contributed by atoms with Crippen LogP contribution in [0.15, 0.2) is 45.5 Å². The van der Waals surface area contributed by atoms with Gasteiger partial charge in [-0.3, -0.25) is 0 Å². The quantitative estimate of drug-likeness (QED) is 0.895. The highest BCUT2D eigenvalue weighted by Gasteiger charge is 2.17. The average Bonchev–Trinajstić information content (AvgIpc) is 2.90. The minimum absolute atomic E-state index is 0.256. The summed E-state index contributed by atoms with van der Waals surface area (Å²) >= 11 is 3.49. The summed E-state index contributed by atoms with van der Waals surface area (Å²) in [4.78, 5) is 0. The minimum Gasteiger partial charge on any atom is -0.481 e. The highest BCUT2D eigenvalue weighted by atomic mass is 79.9. The summed E-state index contributed by atoms with van der Waals surface area (Å²) in [6, 6.07) is 9.73. The maximum absolute atomic E-state index is 6.02. The van der Waals surface area contributed by atoms with Gasteiger partial charge in [0.15, 0.2) is 6.10 Å². The Labute approximate surface area is 121 Å². The maximum atomic E-state index is 6.02. The third-order valence-electron chi connectivity index (χ3n) is 2.94. The Morgan fingerprint density at radius 2 is 2.11 bits per heavy atom. The first kappa shape index (κ1) is 14.2. The van der Waals surface area contributed by atoms with Gasteiger partial charge in [0, 0.05) is 11.0 Å². The van der Waals surface area contributed by atoms with Gasteiger partial charge in [-0.05, 0) is 41.8 Å². The smallest absolute Gasteiger partial charge is 0.168 e. The Balaban J connectivity index is 2.27. The summed E-state index contributed by atoms with van der Waals surface area (Å²) in [5.74, 6) is 1.98.